The van der Waals surface area contributed by atoms with Crippen molar-refractivity contribution in [2.75, 3.05) is 11.4 Å². The minimum atomic E-state index is -0.885. The van der Waals surface area contributed by atoms with Gasteiger partial charge in [-0.15, -0.1) is 0 Å². The normalized spacial score (nSPS) is 16.7. The summed E-state index contributed by atoms with van der Waals surface area (Å²) >= 11 is 0. The van der Waals surface area contributed by atoms with Crippen LogP contribution < -0.4 is 9.64 Å². The third kappa shape index (κ3) is 3.23. The first-order chi connectivity index (χ1) is 11.5. The second-order valence-corrected chi connectivity index (χ2v) is 6.71. The monoisotopic (exact) mass is 325 g/mol. The second-order valence-electron chi connectivity index (χ2n) is 6.71. The Morgan fingerprint density at radius 3 is 2.75 bits per heavy atom. The van der Waals surface area contributed by atoms with Gasteiger partial charge in [-0.05, 0) is 42.2 Å². The molecule has 2 aromatic carbocycles. The molecule has 0 amide bonds. The molecule has 0 radical (unpaired) electrons. The topological polar surface area (TPSA) is 49.8 Å². The first-order valence-corrected chi connectivity index (χ1v) is 8.29. The molecule has 4 heteroatoms. The van der Waals surface area contributed by atoms with E-state index in [1.165, 1.54) is 0 Å². The minimum Gasteiger partial charge on any atom is -0.486 e. The third-order valence-corrected chi connectivity index (χ3v) is 4.49. The van der Waals surface area contributed by atoms with Crippen molar-refractivity contribution in [2.24, 2.45) is 5.92 Å². The zero-order chi connectivity index (χ0) is 17.3. The fraction of sp³-hybridized carbons (Fsp3) is 0.350. The number of carboxylic acids is 1. The maximum atomic E-state index is 11.5. The molecule has 0 saturated heterocycles. The minimum absolute atomic E-state index is 0.0946. The van der Waals surface area contributed by atoms with Crippen LogP contribution in [0.15, 0.2) is 42.5 Å². The number of rotatable bonds is 4. The van der Waals surface area contributed by atoms with Crippen molar-refractivity contribution >= 4 is 11.7 Å². The van der Waals surface area contributed by atoms with Crippen molar-refractivity contribution in [1.82, 2.24) is 0 Å². The lowest BCUT2D eigenvalue weighted by Gasteiger charge is -2.38. The van der Waals surface area contributed by atoms with Gasteiger partial charge in [0, 0.05) is 6.54 Å². The van der Waals surface area contributed by atoms with E-state index in [1.54, 1.807) is 12.1 Å². The van der Waals surface area contributed by atoms with Gasteiger partial charge in [-0.3, -0.25) is 0 Å². The Hall–Kier alpha value is -2.49. The molecule has 1 unspecified atom stereocenters. The Kier molecular flexibility index (Phi) is 4.47. The van der Waals surface area contributed by atoms with Crippen LogP contribution in [0.1, 0.15) is 35.3 Å². The Balaban J connectivity index is 1.98. The molecule has 1 aliphatic heterocycles. The summed E-state index contributed by atoms with van der Waals surface area (Å²) in [4.78, 5) is 13.7. The van der Waals surface area contributed by atoms with Crippen LogP contribution in [0.3, 0.4) is 0 Å². The summed E-state index contributed by atoms with van der Waals surface area (Å²) in [5.74, 6) is 0.374. The number of fused-ring (bicyclic) bond motifs is 1. The van der Waals surface area contributed by atoms with Crippen molar-refractivity contribution in [2.45, 2.75) is 33.4 Å². The zero-order valence-corrected chi connectivity index (χ0v) is 14.3. The van der Waals surface area contributed by atoms with Crippen molar-refractivity contribution < 1.29 is 14.6 Å². The van der Waals surface area contributed by atoms with Crippen LogP contribution in [0.5, 0.6) is 5.75 Å². The number of carbonyl (C=O) groups is 1. The predicted molar refractivity (Wildman–Crippen MR) is 94.9 cm³/mol. The fourth-order valence-corrected chi connectivity index (χ4v) is 3.06. The molecule has 1 atom stereocenters. The van der Waals surface area contributed by atoms with Gasteiger partial charge in [0.1, 0.15) is 11.9 Å². The number of nitrogens with zero attached hydrogens (tertiary/aromatic N) is 1. The van der Waals surface area contributed by atoms with Gasteiger partial charge in [0.15, 0.2) is 0 Å². The molecular formula is C20H23NO3. The van der Waals surface area contributed by atoms with Crippen molar-refractivity contribution in [3.8, 4) is 5.75 Å². The van der Waals surface area contributed by atoms with Gasteiger partial charge in [0.25, 0.3) is 0 Å². The van der Waals surface area contributed by atoms with E-state index in [-0.39, 0.29) is 6.10 Å². The number of hydrogen-bond donors (Lipinski definition) is 1. The highest BCUT2D eigenvalue weighted by Crippen LogP contribution is 2.36. The number of aryl methyl sites for hydroxylation is 1. The van der Waals surface area contributed by atoms with E-state index in [4.69, 9.17) is 4.74 Å². The maximum Gasteiger partial charge on any atom is 0.336 e. The van der Waals surface area contributed by atoms with Crippen LogP contribution in [0, 0.1) is 12.8 Å². The van der Waals surface area contributed by atoms with Gasteiger partial charge in [0.05, 0.1) is 17.8 Å². The van der Waals surface area contributed by atoms with E-state index in [9.17, 15) is 9.90 Å². The highest BCUT2D eigenvalue weighted by atomic mass is 16.5. The molecule has 0 aromatic heterocycles. The summed E-state index contributed by atoms with van der Waals surface area (Å²) in [6, 6.07) is 13.4. The summed E-state index contributed by atoms with van der Waals surface area (Å²) in [6.07, 6.45) is 0.0946. The average molecular weight is 325 g/mol. The summed E-state index contributed by atoms with van der Waals surface area (Å²) in [7, 11) is 0. The number of hydrogen-bond acceptors (Lipinski definition) is 3. The van der Waals surface area contributed by atoms with Crippen molar-refractivity contribution in [3.05, 3.63) is 59.2 Å². The van der Waals surface area contributed by atoms with Gasteiger partial charge < -0.3 is 14.7 Å². The lowest BCUT2D eigenvalue weighted by atomic mass is 10.0. The van der Waals surface area contributed by atoms with Crippen LogP contribution in [0.2, 0.25) is 0 Å². The molecule has 1 N–H and O–H groups in total. The zero-order valence-electron chi connectivity index (χ0n) is 14.3. The summed E-state index contributed by atoms with van der Waals surface area (Å²) in [5.41, 5.74) is 3.38. The maximum absolute atomic E-state index is 11.5. The molecule has 0 aliphatic carbocycles. The molecule has 0 bridgehead atoms. The van der Waals surface area contributed by atoms with Gasteiger partial charge in [-0.2, -0.15) is 0 Å². The first-order valence-electron chi connectivity index (χ1n) is 8.29. The highest BCUT2D eigenvalue weighted by molar-refractivity contribution is 5.89. The van der Waals surface area contributed by atoms with Gasteiger partial charge >= 0.3 is 5.97 Å². The summed E-state index contributed by atoms with van der Waals surface area (Å²) in [5, 5.41) is 9.43. The third-order valence-electron chi connectivity index (χ3n) is 4.49. The Bertz CT molecular complexity index is 754. The SMILES string of the molecule is Cc1ccc2c(c1)N(Cc1ccccc1C(=O)O)CC(C(C)C)O2. The molecule has 4 nitrogen and oxygen atoms in total. The van der Waals surface area contributed by atoms with Crippen LogP contribution >= 0.6 is 0 Å². The lowest BCUT2D eigenvalue weighted by Crippen LogP contribution is -2.42. The van der Waals surface area contributed by atoms with E-state index in [2.05, 4.69) is 31.7 Å². The van der Waals surface area contributed by atoms with Crippen molar-refractivity contribution in [1.29, 1.82) is 0 Å². The molecule has 126 valence electrons. The van der Waals surface area contributed by atoms with E-state index in [0.717, 1.165) is 29.1 Å². The predicted octanol–water partition coefficient (Wildman–Crippen LogP) is 4.12. The summed E-state index contributed by atoms with van der Waals surface area (Å²) in [6.45, 7) is 7.66. The molecule has 2 aromatic rings. The molecule has 1 aliphatic rings. The van der Waals surface area contributed by atoms with Gasteiger partial charge in [-0.1, -0.05) is 38.1 Å². The number of ether oxygens (including phenoxy) is 1. The quantitative estimate of drug-likeness (QED) is 0.919. The van der Waals surface area contributed by atoms with Gasteiger partial charge in [-0.25, -0.2) is 4.79 Å². The molecule has 24 heavy (non-hydrogen) atoms. The first kappa shape index (κ1) is 16.4. The van der Waals surface area contributed by atoms with Crippen molar-refractivity contribution in [3.63, 3.8) is 0 Å². The Morgan fingerprint density at radius 1 is 1.29 bits per heavy atom. The highest BCUT2D eigenvalue weighted by Gasteiger charge is 2.28. The van der Waals surface area contributed by atoms with Crippen LogP contribution in [-0.2, 0) is 6.54 Å². The summed E-state index contributed by atoms with van der Waals surface area (Å²) < 4.78 is 6.14. The number of carboxylic acid groups (broad SMARTS) is 1. The fourth-order valence-electron chi connectivity index (χ4n) is 3.06. The Morgan fingerprint density at radius 2 is 2.04 bits per heavy atom. The number of anilines is 1. The van der Waals surface area contributed by atoms with E-state index in [1.807, 2.05) is 24.3 Å². The smallest absolute Gasteiger partial charge is 0.336 e. The van der Waals surface area contributed by atoms with E-state index in [0.29, 0.717) is 18.0 Å². The molecule has 0 spiro atoms. The average Bonchev–Trinajstić information content (AvgIpc) is 2.55. The number of benzene rings is 2. The Labute approximate surface area is 142 Å². The molecular weight excluding hydrogens is 302 g/mol. The van der Waals surface area contributed by atoms with Crippen LogP contribution in [0.25, 0.3) is 0 Å². The largest absolute Gasteiger partial charge is 0.486 e. The number of aromatic carboxylic acids is 1. The molecule has 0 fully saturated rings. The molecule has 3 rings (SSSR count). The lowest BCUT2D eigenvalue weighted by molar-refractivity contribution is 0.0695. The van der Waals surface area contributed by atoms with Gasteiger partial charge in [0.2, 0.25) is 0 Å². The molecule has 0 saturated carbocycles. The standard InChI is InChI=1S/C20H23NO3/c1-13(2)19-12-21(17-10-14(3)8-9-18(17)24-19)11-15-6-4-5-7-16(15)20(22)23/h4-10,13,19H,11-12H2,1-3H3,(H,22,23). The van der Waals surface area contributed by atoms with Crippen LogP contribution in [-0.4, -0.2) is 23.7 Å². The molecule has 1 heterocycles. The van der Waals surface area contributed by atoms with E-state index >= 15 is 0 Å². The second kappa shape index (κ2) is 6.56. The van der Waals surface area contributed by atoms with E-state index < -0.39 is 5.97 Å². The van der Waals surface area contributed by atoms with Crippen LogP contribution in [0.4, 0.5) is 5.69 Å².